The number of rotatable bonds is 2. The Balaban J connectivity index is 2.96. The zero-order chi connectivity index (χ0) is 19.2. The van der Waals surface area contributed by atoms with Gasteiger partial charge in [0.1, 0.15) is 11.5 Å². The summed E-state index contributed by atoms with van der Waals surface area (Å²) >= 11 is 0. The third kappa shape index (κ3) is 2.77. The summed E-state index contributed by atoms with van der Waals surface area (Å²) in [7, 11) is 0. The summed E-state index contributed by atoms with van der Waals surface area (Å²) in [6.45, 7) is 0. The van der Waals surface area contributed by atoms with Crippen molar-refractivity contribution in [2.75, 3.05) is 11.5 Å². The average molecular weight is 366 g/mol. The zero-order valence-electron chi connectivity index (χ0n) is 12.3. The Labute approximate surface area is 137 Å². The average Bonchev–Trinajstić information content (AvgIpc) is 2.44. The Kier molecular flexibility index (Phi) is 4.19. The molecule has 0 aliphatic rings. The van der Waals surface area contributed by atoms with E-state index in [1.165, 1.54) is 0 Å². The monoisotopic (exact) mass is 366 g/mol. The third-order valence-electron chi connectivity index (χ3n) is 3.77. The third-order valence-corrected chi connectivity index (χ3v) is 3.77. The molecule has 0 saturated carbocycles. The predicted octanol–water partition coefficient (Wildman–Crippen LogP) is 3.67. The molecule has 10 heteroatoms. The van der Waals surface area contributed by atoms with Crippen LogP contribution < -0.4 is 11.5 Å². The first-order chi connectivity index (χ1) is 11.3. The van der Waals surface area contributed by atoms with E-state index in [4.69, 9.17) is 11.5 Å². The van der Waals surface area contributed by atoms with Crippen LogP contribution in [0.5, 0.6) is 11.5 Å². The van der Waals surface area contributed by atoms with Crippen LogP contribution in [-0.2, 0) is 5.41 Å². The van der Waals surface area contributed by atoms with Gasteiger partial charge in [-0.3, -0.25) is 0 Å². The maximum atomic E-state index is 13.8. The van der Waals surface area contributed by atoms with E-state index in [9.17, 15) is 36.6 Å². The molecule has 2 aromatic rings. The number of halogens is 6. The van der Waals surface area contributed by atoms with Crippen LogP contribution in [0.1, 0.15) is 11.1 Å². The first-order valence-corrected chi connectivity index (χ1v) is 6.63. The molecule has 0 aliphatic heterocycles. The van der Waals surface area contributed by atoms with E-state index in [2.05, 4.69) is 0 Å². The van der Waals surface area contributed by atoms with Gasteiger partial charge < -0.3 is 21.7 Å². The molecule has 0 unspecified atom stereocenters. The van der Waals surface area contributed by atoms with Gasteiger partial charge in [0.15, 0.2) is 0 Å². The molecule has 0 radical (unpaired) electrons. The topological polar surface area (TPSA) is 92.5 Å². The number of nitrogen functional groups attached to an aromatic ring is 2. The van der Waals surface area contributed by atoms with Crippen molar-refractivity contribution in [3.8, 4) is 11.5 Å². The highest BCUT2D eigenvalue weighted by Gasteiger charge is 2.72. The van der Waals surface area contributed by atoms with Gasteiger partial charge >= 0.3 is 12.4 Å². The predicted molar refractivity (Wildman–Crippen MR) is 77.9 cm³/mol. The highest BCUT2D eigenvalue weighted by molar-refractivity contribution is 5.61. The van der Waals surface area contributed by atoms with Crippen molar-refractivity contribution < 1.29 is 36.6 Å². The second kappa shape index (κ2) is 5.64. The Morgan fingerprint density at radius 2 is 0.960 bits per heavy atom. The van der Waals surface area contributed by atoms with Gasteiger partial charge in [-0.2, -0.15) is 26.3 Å². The van der Waals surface area contributed by atoms with E-state index in [-0.39, 0.29) is 0 Å². The number of benzene rings is 2. The van der Waals surface area contributed by atoms with Crippen LogP contribution in [0.25, 0.3) is 0 Å². The second-order valence-corrected chi connectivity index (χ2v) is 5.29. The number of nitrogens with two attached hydrogens (primary N) is 2. The van der Waals surface area contributed by atoms with Crippen molar-refractivity contribution in [3.05, 3.63) is 47.5 Å². The number of alkyl halides is 6. The molecule has 25 heavy (non-hydrogen) atoms. The minimum atomic E-state index is -5.82. The molecule has 0 spiro atoms. The molecule has 0 aromatic heterocycles. The minimum Gasteiger partial charge on any atom is -0.506 e. The van der Waals surface area contributed by atoms with E-state index < -0.39 is 51.8 Å². The van der Waals surface area contributed by atoms with E-state index in [0.29, 0.717) is 36.4 Å². The van der Waals surface area contributed by atoms with Crippen LogP contribution in [0.15, 0.2) is 36.4 Å². The fraction of sp³-hybridized carbons (Fsp3) is 0.200. The molecular formula is C15H12F6N2O2. The van der Waals surface area contributed by atoms with Crippen molar-refractivity contribution in [1.29, 1.82) is 0 Å². The SMILES string of the molecule is Nc1cc(C(c2ccc(O)c(N)c2)(C(F)(F)F)C(F)(F)F)ccc1O. The fourth-order valence-electron chi connectivity index (χ4n) is 2.56. The molecular weight excluding hydrogens is 354 g/mol. The van der Waals surface area contributed by atoms with Crippen molar-refractivity contribution in [2.45, 2.75) is 17.8 Å². The minimum absolute atomic E-state index is 0.402. The number of anilines is 2. The van der Waals surface area contributed by atoms with Crippen LogP contribution >= 0.6 is 0 Å². The molecule has 6 N–H and O–H groups in total. The standard InChI is InChI=1S/C15H12F6N2O2/c16-14(17,18)13(15(19,20)21,7-1-3-11(24)9(22)5-7)8-2-4-12(25)10(23)6-8/h1-6,24-25H,22-23H2. The maximum Gasteiger partial charge on any atom is 0.411 e. The molecule has 0 atom stereocenters. The number of phenols is 2. The summed E-state index contributed by atoms with van der Waals surface area (Å²) in [5.41, 5.74) is 2.33. The van der Waals surface area contributed by atoms with E-state index in [1.807, 2.05) is 0 Å². The highest BCUT2D eigenvalue weighted by Crippen LogP contribution is 2.57. The lowest BCUT2D eigenvalue weighted by atomic mass is 9.72. The van der Waals surface area contributed by atoms with Crippen LogP contribution in [0, 0.1) is 0 Å². The fourth-order valence-corrected chi connectivity index (χ4v) is 2.56. The van der Waals surface area contributed by atoms with Gasteiger partial charge in [0.05, 0.1) is 11.4 Å². The van der Waals surface area contributed by atoms with Crippen molar-refractivity contribution in [3.63, 3.8) is 0 Å². The van der Waals surface area contributed by atoms with Crippen LogP contribution in [-0.4, -0.2) is 22.6 Å². The summed E-state index contributed by atoms with van der Waals surface area (Å²) in [6, 6.07) is 3.05. The molecule has 136 valence electrons. The summed E-state index contributed by atoms with van der Waals surface area (Å²) in [5, 5.41) is 18.7. The largest absolute Gasteiger partial charge is 0.506 e. The summed E-state index contributed by atoms with van der Waals surface area (Å²) in [6.07, 6.45) is -11.6. The lowest BCUT2D eigenvalue weighted by Gasteiger charge is -2.38. The summed E-state index contributed by atoms with van der Waals surface area (Å²) in [4.78, 5) is 0. The highest BCUT2D eigenvalue weighted by atomic mass is 19.4. The van der Waals surface area contributed by atoms with Crippen molar-refractivity contribution >= 4 is 11.4 Å². The van der Waals surface area contributed by atoms with Crippen LogP contribution in [0.3, 0.4) is 0 Å². The molecule has 0 bridgehead atoms. The quantitative estimate of drug-likeness (QED) is 0.371. The van der Waals surface area contributed by atoms with Gasteiger partial charge in [0.25, 0.3) is 0 Å². The first-order valence-electron chi connectivity index (χ1n) is 6.63. The first kappa shape index (κ1) is 18.6. The molecule has 0 saturated heterocycles. The Morgan fingerprint density at radius 3 is 1.20 bits per heavy atom. The second-order valence-electron chi connectivity index (χ2n) is 5.29. The van der Waals surface area contributed by atoms with Gasteiger partial charge in [-0.15, -0.1) is 0 Å². The Morgan fingerprint density at radius 1 is 0.640 bits per heavy atom. The number of phenolic OH excluding ortho intramolecular Hbond substituents is 2. The zero-order valence-corrected chi connectivity index (χ0v) is 12.3. The molecule has 4 nitrogen and oxygen atoms in total. The molecule has 2 rings (SSSR count). The van der Waals surface area contributed by atoms with Crippen molar-refractivity contribution in [2.24, 2.45) is 0 Å². The number of hydrogen-bond donors (Lipinski definition) is 4. The Hall–Kier alpha value is -2.78. The normalized spacial score (nSPS) is 13.0. The van der Waals surface area contributed by atoms with Gasteiger partial charge in [-0.25, -0.2) is 0 Å². The van der Waals surface area contributed by atoms with Crippen molar-refractivity contribution in [1.82, 2.24) is 0 Å². The van der Waals surface area contributed by atoms with E-state index in [1.54, 1.807) is 0 Å². The summed E-state index contributed by atoms with van der Waals surface area (Å²) < 4.78 is 82.7. The van der Waals surface area contributed by atoms with Gasteiger partial charge in [-0.05, 0) is 35.4 Å². The number of aromatic hydroxyl groups is 2. The lowest BCUT2D eigenvalue weighted by molar-refractivity contribution is -0.288. The summed E-state index contributed by atoms with van der Waals surface area (Å²) in [5.74, 6) is -1.32. The molecule has 0 aliphatic carbocycles. The van der Waals surface area contributed by atoms with Gasteiger partial charge in [0, 0.05) is 0 Å². The van der Waals surface area contributed by atoms with E-state index >= 15 is 0 Å². The van der Waals surface area contributed by atoms with Gasteiger partial charge in [0.2, 0.25) is 5.41 Å². The smallest absolute Gasteiger partial charge is 0.411 e. The molecule has 2 aromatic carbocycles. The van der Waals surface area contributed by atoms with Gasteiger partial charge in [-0.1, -0.05) is 12.1 Å². The molecule has 0 heterocycles. The number of hydrogen-bond acceptors (Lipinski definition) is 4. The molecule has 0 fully saturated rings. The maximum absolute atomic E-state index is 13.8. The van der Waals surface area contributed by atoms with Crippen LogP contribution in [0.2, 0.25) is 0 Å². The Bertz CT molecular complexity index is 734. The van der Waals surface area contributed by atoms with Crippen LogP contribution in [0.4, 0.5) is 37.7 Å². The molecule has 0 amide bonds. The van der Waals surface area contributed by atoms with E-state index in [0.717, 1.165) is 0 Å². The lowest BCUT2D eigenvalue weighted by Crippen LogP contribution is -2.54.